The second kappa shape index (κ2) is 12.9. The maximum Gasteiger partial charge on any atom is 0.193 e. The molecule has 0 aromatic heterocycles. The summed E-state index contributed by atoms with van der Waals surface area (Å²) in [6.45, 7) is 8.59. The Hall–Kier alpha value is -5.48. The molecule has 4 heteroatoms. The van der Waals surface area contributed by atoms with Crippen LogP contribution in [0.2, 0.25) is 0 Å². The van der Waals surface area contributed by atoms with Gasteiger partial charge in [0.1, 0.15) is 23.0 Å². The standard InChI is InChI=1S/C42H36O4/c1-5-42(3,4)35-18-10-31(11-19-35)41(44)33-16-22-37(23-17-33)46-39-25-13-29-12-24-38(26-34(29)27-39)45-36-20-14-32(15-21-36)40(43)30-8-6-28(2)7-9-30/h6-27H,5H2,1-4H3. The molecule has 6 aromatic carbocycles. The summed E-state index contributed by atoms with van der Waals surface area (Å²) >= 11 is 0. The molecule has 0 bridgehead atoms. The van der Waals surface area contributed by atoms with Crippen molar-refractivity contribution in [1.82, 2.24) is 0 Å². The molecule has 0 radical (unpaired) electrons. The van der Waals surface area contributed by atoms with Gasteiger partial charge in [0.15, 0.2) is 11.6 Å². The minimum atomic E-state index is -0.0210. The average Bonchev–Trinajstić information content (AvgIpc) is 3.08. The molecular weight excluding hydrogens is 568 g/mol. The summed E-state index contributed by atoms with van der Waals surface area (Å²) < 4.78 is 12.3. The second-order valence-electron chi connectivity index (χ2n) is 12.3. The Morgan fingerprint density at radius 1 is 0.500 bits per heavy atom. The van der Waals surface area contributed by atoms with Crippen LogP contribution in [0.4, 0.5) is 0 Å². The number of benzene rings is 6. The molecule has 4 nitrogen and oxygen atoms in total. The third-order valence-electron chi connectivity index (χ3n) is 8.61. The van der Waals surface area contributed by atoms with Crippen LogP contribution in [0.1, 0.15) is 70.2 Å². The molecule has 0 unspecified atom stereocenters. The number of carbonyl (C=O) groups excluding carboxylic acids is 2. The van der Waals surface area contributed by atoms with E-state index in [1.165, 1.54) is 5.56 Å². The van der Waals surface area contributed by atoms with Crippen molar-refractivity contribution in [1.29, 1.82) is 0 Å². The molecule has 0 saturated heterocycles. The molecule has 0 N–H and O–H groups in total. The summed E-state index contributed by atoms with van der Waals surface area (Å²) in [6, 6.07) is 41.7. The highest BCUT2D eigenvalue weighted by Gasteiger charge is 2.19. The lowest BCUT2D eigenvalue weighted by Gasteiger charge is -2.23. The Morgan fingerprint density at radius 2 is 0.870 bits per heavy atom. The van der Waals surface area contributed by atoms with Crippen LogP contribution in [-0.4, -0.2) is 11.6 Å². The lowest BCUT2D eigenvalue weighted by molar-refractivity contribution is 0.103. The monoisotopic (exact) mass is 604 g/mol. The van der Waals surface area contributed by atoms with Crippen LogP contribution in [0.5, 0.6) is 23.0 Å². The van der Waals surface area contributed by atoms with Crippen molar-refractivity contribution in [3.8, 4) is 23.0 Å². The van der Waals surface area contributed by atoms with Gasteiger partial charge in [0.05, 0.1) is 0 Å². The predicted molar refractivity (Wildman–Crippen MR) is 185 cm³/mol. The van der Waals surface area contributed by atoms with Crippen molar-refractivity contribution in [2.45, 2.75) is 39.5 Å². The highest BCUT2D eigenvalue weighted by Crippen LogP contribution is 2.31. The van der Waals surface area contributed by atoms with Gasteiger partial charge in [0.2, 0.25) is 0 Å². The van der Waals surface area contributed by atoms with Crippen LogP contribution in [0.3, 0.4) is 0 Å². The topological polar surface area (TPSA) is 52.6 Å². The van der Waals surface area contributed by atoms with Gasteiger partial charge >= 0.3 is 0 Å². The van der Waals surface area contributed by atoms with Crippen molar-refractivity contribution in [3.63, 3.8) is 0 Å². The quantitative estimate of drug-likeness (QED) is 0.146. The zero-order valence-corrected chi connectivity index (χ0v) is 26.5. The second-order valence-corrected chi connectivity index (χ2v) is 12.3. The molecule has 0 spiro atoms. The van der Waals surface area contributed by atoms with Gasteiger partial charge in [-0.25, -0.2) is 0 Å². The van der Waals surface area contributed by atoms with Crippen molar-refractivity contribution in [3.05, 3.63) is 167 Å². The van der Waals surface area contributed by atoms with Gasteiger partial charge < -0.3 is 9.47 Å². The zero-order valence-electron chi connectivity index (χ0n) is 26.5. The molecule has 6 rings (SSSR count). The summed E-state index contributed by atoms with van der Waals surface area (Å²) in [5.74, 6) is 2.60. The minimum Gasteiger partial charge on any atom is -0.457 e. The molecule has 0 heterocycles. The Balaban J connectivity index is 1.11. The van der Waals surface area contributed by atoms with Crippen LogP contribution in [-0.2, 0) is 5.41 Å². The number of hydrogen-bond donors (Lipinski definition) is 0. The summed E-state index contributed by atoms with van der Waals surface area (Å²) in [5.41, 5.74) is 4.98. The van der Waals surface area contributed by atoms with Gasteiger partial charge in [-0.1, -0.05) is 87.0 Å². The first kappa shape index (κ1) is 30.5. The van der Waals surface area contributed by atoms with E-state index in [1.54, 1.807) is 24.3 Å². The maximum absolute atomic E-state index is 13.1. The Morgan fingerprint density at radius 3 is 1.28 bits per heavy atom. The van der Waals surface area contributed by atoms with Crippen molar-refractivity contribution in [2.75, 3.05) is 0 Å². The number of hydrogen-bond acceptors (Lipinski definition) is 4. The van der Waals surface area contributed by atoms with Gasteiger partial charge in [-0.15, -0.1) is 0 Å². The number of ketones is 2. The minimum absolute atomic E-state index is 0.0156. The molecular formula is C42H36O4. The summed E-state index contributed by atoms with van der Waals surface area (Å²) in [5, 5.41) is 2.01. The van der Waals surface area contributed by atoms with Crippen molar-refractivity contribution < 1.29 is 19.1 Å². The molecule has 228 valence electrons. The van der Waals surface area contributed by atoms with Gasteiger partial charge in [0.25, 0.3) is 0 Å². The Kier molecular flexibility index (Phi) is 8.54. The van der Waals surface area contributed by atoms with E-state index in [9.17, 15) is 9.59 Å². The van der Waals surface area contributed by atoms with E-state index >= 15 is 0 Å². The SMILES string of the molecule is CCC(C)(C)c1ccc(C(=O)c2ccc(Oc3ccc4ccc(Oc5ccc(C(=O)c6ccc(C)cc6)cc5)cc4c3)cc2)cc1. The lowest BCUT2D eigenvalue weighted by Crippen LogP contribution is -2.15. The van der Waals surface area contributed by atoms with Gasteiger partial charge in [-0.05, 0) is 108 Å². The molecule has 0 aliphatic rings. The third-order valence-corrected chi connectivity index (χ3v) is 8.61. The van der Waals surface area contributed by atoms with E-state index in [1.807, 2.05) is 104 Å². The van der Waals surface area contributed by atoms with E-state index in [0.717, 1.165) is 22.8 Å². The van der Waals surface area contributed by atoms with Crippen LogP contribution >= 0.6 is 0 Å². The molecule has 0 aliphatic heterocycles. The molecule has 0 amide bonds. The Bertz CT molecular complexity index is 2000. The van der Waals surface area contributed by atoms with Crippen molar-refractivity contribution in [2.24, 2.45) is 0 Å². The fourth-order valence-electron chi connectivity index (χ4n) is 5.27. The Labute approximate surface area is 270 Å². The molecule has 0 aliphatic carbocycles. The van der Waals surface area contributed by atoms with E-state index < -0.39 is 0 Å². The third kappa shape index (κ3) is 6.77. The predicted octanol–water partition coefficient (Wildman–Crippen LogP) is 10.9. The molecule has 0 saturated carbocycles. The van der Waals surface area contributed by atoms with E-state index in [2.05, 4.69) is 32.9 Å². The molecule has 6 aromatic rings. The lowest BCUT2D eigenvalue weighted by atomic mass is 9.82. The van der Waals surface area contributed by atoms with E-state index in [0.29, 0.717) is 45.3 Å². The zero-order chi connectivity index (χ0) is 32.3. The van der Waals surface area contributed by atoms with Gasteiger partial charge in [-0.2, -0.15) is 0 Å². The van der Waals surface area contributed by atoms with Crippen molar-refractivity contribution >= 4 is 22.3 Å². The number of rotatable bonds is 10. The number of ether oxygens (including phenoxy) is 2. The maximum atomic E-state index is 13.1. The number of aryl methyl sites for hydroxylation is 1. The normalized spacial score (nSPS) is 11.3. The fraction of sp³-hybridized carbons (Fsp3) is 0.143. The number of fused-ring (bicyclic) bond motifs is 1. The largest absolute Gasteiger partial charge is 0.457 e. The fourth-order valence-corrected chi connectivity index (χ4v) is 5.27. The molecule has 0 fully saturated rings. The molecule has 0 atom stereocenters. The van der Waals surface area contributed by atoms with Crippen LogP contribution in [0.25, 0.3) is 10.8 Å². The highest BCUT2D eigenvalue weighted by atomic mass is 16.5. The summed E-state index contributed by atoms with van der Waals surface area (Å²) in [4.78, 5) is 25.9. The molecule has 46 heavy (non-hydrogen) atoms. The summed E-state index contributed by atoms with van der Waals surface area (Å²) in [6.07, 6.45) is 1.03. The van der Waals surface area contributed by atoms with E-state index in [4.69, 9.17) is 9.47 Å². The first-order valence-electron chi connectivity index (χ1n) is 15.5. The average molecular weight is 605 g/mol. The smallest absolute Gasteiger partial charge is 0.193 e. The number of carbonyl (C=O) groups is 2. The van der Waals surface area contributed by atoms with Gasteiger partial charge in [-0.3, -0.25) is 9.59 Å². The van der Waals surface area contributed by atoms with Crippen LogP contribution < -0.4 is 9.47 Å². The van der Waals surface area contributed by atoms with E-state index in [-0.39, 0.29) is 17.0 Å². The van der Waals surface area contributed by atoms with Crippen LogP contribution in [0, 0.1) is 6.92 Å². The summed E-state index contributed by atoms with van der Waals surface area (Å²) in [7, 11) is 0. The van der Waals surface area contributed by atoms with Crippen LogP contribution in [0.15, 0.2) is 133 Å². The highest BCUT2D eigenvalue weighted by molar-refractivity contribution is 6.09. The first-order valence-corrected chi connectivity index (χ1v) is 15.5. The van der Waals surface area contributed by atoms with Gasteiger partial charge in [0, 0.05) is 22.3 Å². The first-order chi connectivity index (χ1) is 22.2.